The van der Waals surface area contributed by atoms with Gasteiger partial charge in [0.25, 0.3) is 0 Å². The number of carbonyl (C=O) groups excluding carboxylic acids is 1. The molecule has 0 unspecified atom stereocenters. The maximum atomic E-state index is 12.0. The van der Waals surface area contributed by atoms with Crippen molar-refractivity contribution in [2.75, 3.05) is 46.5 Å². The van der Waals surface area contributed by atoms with Crippen LogP contribution in [0.2, 0.25) is 0 Å². The summed E-state index contributed by atoms with van der Waals surface area (Å²) >= 11 is 0. The van der Waals surface area contributed by atoms with E-state index in [0.29, 0.717) is 31.1 Å². The van der Waals surface area contributed by atoms with E-state index in [1.807, 2.05) is 24.3 Å². The monoisotopic (exact) mass is 374 g/mol. The van der Waals surface area contributed by atoms with Crippen LogP contribution < -0.4 is 10.1 Å². The highest BCUT2D eigenvalue weighted by Gasteiger charge is 2.12. The lowest BCUT2D eigenvalue weighted by molar-refractivity contribution is -0.121. The molecule has 1 aliphatic rings. The van der Waals surface area contributed by atoms with E-state index < -0.39 is 0 Å². The van der Waals surface area contributed by atoms with Gasteiger partial charge in [0.05, 0.1) is 20.3 Å². The fourth-order valence-electron chi connectivity index (χ4n) is 2.88. The summed E-state index contributed by atoms with van der Waals surface area (Å²) in [6, 6.07) is 7.43. The van der Waals surface area contributed by atoms with E-state index in [-0.39, 0.29) is 5.91 Å². The lowest BCUT2D eigenvalue weighted by Crippen LogP contribution is -2.38. The zero-order chi connectivity index (χ0) is 18.9. The van der Waals surface area contributed by atoms with Gasteiger partial charge >= 0.3 is 0 Å². The van der Waals surface area contributed by atoms with E-state index in [2.05, 4.69) is 20.4 Å². The van der Waals surface area contributed by atoms with Gasteiger partial charge in [-0.2, -0.15) is 4.98 Å². The van der Waals surface area contributed by atoms with Crippen molar-refractivity contribution in [3.05, 3.63) is 30.2 Å². The molecule has 27 heavy (non-hydrogen) atoms. The van der Waals surface area contributed by atoms with Gasteiger partial charge in [0, 0.05) is 38.0 Å². The molecular weight excluding hydrogens is 348 g/mol. The van der Waals surface area contributed by atoms with E-state index in [4.69, 9.17) is 14.0 Å². The maximum absolute atomic E-state index is 12.0. The Morgan fingerprint density at radius 2 is 2.04 bits per heavy atom. The lowest BCUT2D eigenvalue weighted by atomic mass is 10.2. The number of methoxy groups -OCH3 is 1. The van der Waals surface area contributed by atoms with Gasteiger partial charge in [-0.3, -0.25) is 9.69 Å². The molecule has 1 amide bonds. The summed E-state index contributed by atoms with van der Waals surface area (Å²) in [6.45, 7) is 5.21. The smallest absolute Gasteiger partial charge is 0.227 e. The number of morpholine rings is 1. The third kappa shape index (κ3) is 6.04. The summed E-state index contributed by atoms with van der Waals surface area (Å²) in [5, 5.41) is 6.92. The molecule has 8 nitrogen and oxygen atoms in total. The van der Waals surface area contributed by atoms with E-state index in [1.54, 1.807) is 7.11 Å². The number of aryl methyl sites for hydroxylation is 1. The first kappa shape index (κ1) is 19.3. The number of hydrogen-bond acceptors (Lipinski definition) is 7. The molecule has 8 heteroatoms. The standard InChI is InChI=1S/C19H26N4O4/c1-25-16-5-3-15(4-6-16)19-21-18(27-22-19)8-7-17(24)20-9-2-10-23-11-13-26-14-12-23/h3-6H,2,7-14H2,1H3,(H,20,24). The third-order valence-electron chi connectivity index (χ3n) is 4.46. The van der Waals surface area contributed by atoms with Crippen molar-refractivity contribution in [3.8, 4) is 17.1 Å². The van der Waals surface area contributed by atoms with Crippen LogP contribution in [-0.2, 0) is 16.0 Å². The molecule has 1 N–H and O–H groups in total. The predicted molar refractivity (Wildman–Crippen MR) is 99.5 cm³/mol. The second-order valence-electron chi connectivity index (χ2n) is 6.40. The zero-order valence-electron chi connectivity index (χ0n) is 15.6. The molecule has 1 aromatic carbocycles. The minimum atomic E-state index is 0.00109. The van der Waals surface area contributed by atoms with Crippen molar-refractivity contribution < 1.29 is 18.8 Å². The fourth-order valence-corrected chi connectivity index (χ4v) is 2.88. The zero-order valence-corrected chi connectivity index (χ0v) is 15.6. The Bertz CT molecular complexity index is 711. The predicted octanol–water partition coefficient (Wildman–Crippen LogP) is 1.52. The van der Waals surface area contributed by atoms with E-state index in [1.165, 1.54) is 0 Å². The Hall–Kier alpha value is -2.45. The summed E-state index contributed by atoms with van der Waals surface area (Å²) in [4.78, 5) is 18.7. The number of rotatable bonds is 9. The summed E-state index contributed by atoms with van der Waals surface area (Å²) < 4.78 is 15.7. The quantitative estimate of drug-likeness (QED) is 0.666. The summed E-state index contributed by atoms with van der Waals surface area (Å²) in [5.41, 5.74) is 0.846. The van der Waals surface area contributed by atoms with Gasteiger partial charge in [-0.25, -0.2) is 0 Å². The van der Waals surface area contributed by atoms with E-state index in [0.717, 1.165) is 50.6 Å². The van der Waals surface area contributed by atoms with Crippen molar-refractivity contribution in [1.82, 2.24) is 20.4 Å². The van der Waals surface area contributed by atoms with Crippen molar-refractivity contribution in [2.24, 2.45) is 0 Å². The average molecular weight is 374 g/mol. The van der Waals surface area contributed by atoms with Gasteiger partial charge in [-0.05, 0) is 37.2 Å². The second kappa shape index (κ2) is 10.0. The summed E-state index contributed by atoms with van der Waals surface area (Å²) in [6.07, 6.45) is 1.70. The number of nitrogens with zero attached hydrogens (tertiary/aromatic N) is 3. The number of ether oxygens (including phenoxy) is 2. The van der Waals surface area contributed by atoms with Crippen LogP contribution in [-0.4, -0.2) is 67.5 Å². The van der Waals surface area contributed by atoms with Crippen LogP contribution >= 0.6 is 0 Å². The van der Waals surface area contributed by atoms with Gasteiger partial charge in [0.15, 0.2) is 0 Å². The minimum Gasteiger partial charge on any atom is -0.497 e. The molecule has 2 aromatic rings. The van der Waals surface area contributed by atoms with Gasteiger partial charge in [-0.1, -0.05) is 5.16 Å². The van der Waals surface area contributed by atoms with Gasteiger partial charge in [0.2, 0.25) is 17.6 Å². The Balaban J connectivity index is 1.35. The van der Waals surface area contributed by atoms with Crippen LogP contribution in [0, 0.1) is 0 Å². The second-order valence-corrected chi connectivity index (χ2v) is 6.40. The summed E-state index contributed by atoms with van der Waals surface area (Å²) in [5.74, 6) is 1.75. The van der Waals surface area contributed by atoms with Gasteiger partial charge in [-0.15, -0.1) is 0 Å². The third-order valence-corrected chi connectivity index (χ3v) is 4.46. The Morgan fingerprint density at radius 1 is 1.26 bits per heavy atom. The highest BCUT2D eigenvalue weighted by atomic mass is 16.5. The van der Waals surface area contributed by atoms with Crippen LogP contribution in [0.3, 0.4) is 0 Å². The number of benzene rings is 1. The van der Waals surface area contributed by atoms with Crippen LogP contribution in [0.4, 0.5) is 0 Å². The number of hydrogen-bond donors (Lipinski definition) is 1. The molecule has 2 heterocycles. The molecule has 1 aromatic heterocycles. The van der Waals surface area contributed by atoms with Crippen molar-refractivity contribution >= 4 is 5.91 Å². The Labute approximate surface area is 158 Å². The topological polar surface area (TPSA) is 89.7 Å². The van der Waals surface area contributed by atoms with Crippen LogP contribution in [0.5, 0.6) is 5.75 Å². The first-order valence-electron chi connectivity index (χ1n) is 9.28. The molecule has 1 saturated heterocycles. The lowest BCUT2D eigenvalue weighted by Gasteiger charge is -2.26. The maximum Gasteiger partial charge on any atom is 0.227 e. The molecular formula is C19H26N4O4. The number of aromatic nitrogens is 2. The molecule has 146 valence electrons. The van der Waals surface area contributed by atoms with Crippen LogP contribution in [0.25, 0.3) is 11.4 Å². The molecule has 0 aliphatic carbocycles. The van der Waals surface area contributed by atoms with Crippen molar-refractivity contribution in [3.63, 3.8) is 0 Å². The van der Waals surface area contributed by atoms with Crippen LogP contribution in [0.15, 0.2) is 28.8 Å². The first-order valence-corrected chi connectivity index (χ1v) is 9.28. The molecule has 0 atom stereocenters. The molecule has 1 fully saturated rings. The normalized spacial score (nSPS) is 14.9. The van der Waals surface area contributed by atoms with E-state index in [9.17, 15) is 4.79 Å². The SMILES string of the molecule is COc1ccc(-c2noc(CCC(=O)NCCCN3CCOCC3)n2)cc1. The molecule has 3 rings (SSSR count). The number of nitrogens with one attached hydrogen (secondary N) is 1. The summed E-state index contributed by atoms with van der Waals surface area (Å²) in [7, 11) is 1.62. The molecule has 0 radical (unpaired) electrons. The molecule has 0 bridgehead atoms. The van der Waals surface area contributed by atoms with E-state index >= 15 is 0 Å². The number of amides is 1. The van der Waals surface area contributed by atoms with Gasteiger partial charge in [0.1, 0.15) is 5.75 Å². The highest BCUT2D eigenvalue weighted by Crippen LogP contribution is 2.19. The van der Waals surface area contributed by atoms with Gasteiger partial charge < -0.3 is 19.3 Å². The average Bonchev–Trinajstić information content (AvgIpc) is 3.19. The Kier molecular flexibility index (Phi) is 7.18. The largest absolute Gasteiger partial charge is 0.497 e. The minimum absolute atomic E-state index is 0.00109. The van der Waals surface area contributed by atoms with Crippen LogP contribution in [0.1, 0.15) is 18.7 Å². The Morgan fingerprint density at radius 3 is 2.78 bits per heavy atom. The highest BCUT2D eigenvalue weighted by molar-refractivity contribution is 5.75. The molecule has 0 saturated carbocycles. The number of carbonyl (C=O) groups is 1. The fraction of sp³-hybridized carbons (Fsp3) is 0.526. The van der Waals surface area contributed by atoms with Crippen molar-refractivity contribution in [1.29, 1.82) is 0 Å². The molecule has 0 spiro atoms. The molecule has 1 aliphatic heterocycles. The first-order chi connectivity index (χ1) is 13.2. The van der Waals surface area contributed by atoms with Crippen molar-refractivity contribution in [2.45, 2.75) is 19.3 Å².